The van der Waals surface area contributed by atoms with Gasteiger partial charge in [0.2, 0.25) is 0 Å². The highest BCUT2D eigenvalue weighted by molar-refractivity contribution is 5.68. The second-order valence-corrected chi connectivity index (χ2v) is 6.38. The largest absolute Gasteiger partial charge is 0.444 e. The van der Waals surface area contributed by atoms with Crippen LogP contribution in [0, 0.1) is 0 Å². The van der Waals surface area contributed by atoms with Crippen molar-refractivity contribution in [3.05, 3.63) is 18.1 Å². The van der Waals surface area contributed by atoms with Crippen molar-refractivity contribution in [3.63, 3.8) is 0 Å². The molecule has 1 aliphatic heterocycles. The van der Waals surface area contributed by atoms with Crippen molar-refractivity contribution in [2.24, 2.45) is 0 Å². The lowest BCUT2D eigenvalue weighted by Gasteiger charge is -2.22. The molecule has 1 saturated heterocycles. The van der Waals surface area contributed by atoms with Crippen LogP contribution in [0.1, 0.15) is 32.9 Å². The first kappa shape index (κ1) is 16.5. The average Bonchev–Trinajstić information content (AvgIpc) is 2.85. The fraction of sp³-hybridized carbons (Fsp3) is 0.667. The summed E-state index contributed by atoms with van der Waals surface area (Å²) in [6, 6.07) is 1.98. The van der Waals surface area contributed by atoms with Crippen LogP contribution in [0.2, 0.25) is 0 Å². The average molecular weight is 308 g/mol. The molecule has 1 aromatic heterocycles. The van der Waals surface area contributed by atoms with E-state index in [9.17, 15) is 4.79 Å². The van der Waals surface area contributed by atoms with Crippen LogP contribution in [0.25, 0.3) is 0 Å². The second kappa shape index (κ2) is 6.91. The summed E-state index contributed by atoms with van der Waals surface area (Å²) in [4.78, 5) is 22.4. The summed E-state index contributed by atoms with van der Waals surface area (Å²) in [7, 11) is 1.64. The Morgan fingerprint density at radius 1 is 1.45 bits per heavy atom. The zero-order chi connectivity index (χ0) is 16.2. The molecule has 2 heterocycles. The number of ether oxygens (including phenoxy) is 2. The van der Waals surface area contributed by atoms with E-state index in [1.165, 1.54) is 6.33 Å². The van der Waals surface area contributed by atoms with E-state index < -0.39 is 5.60 Å². The molecule has 1 N–H and O–H groups in total. The molecule has 0 spiro atoms. The van der Waals surface area contributed by atoms with E-state index in [2.05, 4.69) is 20.2 Å². The van der Waals surface area contributed by atoms with Gasteiger partial charge in [-0.25, -0.2) is 14.8 Å². The predicted molar refractivity (Wildman–Crippen MR) is 82.7 cm³/mol. The number of nitrogens with one attached hydrogen (secondary N) is 1. The summed E-state index contributed by atoms with van der Waals surface area (Å²) in [6.07, 6.45) is 2.03. The minimum atomic E-state index is -0.482. The number of alkyl carbamates (subject to hydrolysis) is 1. The molecule has 0 radical (unpaired) electrons. The van der Waals surface area contributed by atoms with E-state index in [0.29, 0.717) is 13.2 Å². The summed E-state index contributed by atoms with van der Waals surface area (Å²) >= 11 is 0. The van der Waals surface area contributed by atoms with Gasteiger partial charge in [-0.3, -0.25) is 0 Å². The van der Waals surface area contributed by atoms with Crippen LogP contribution in [0.15, 0.2) is 12.4 Å². The van der Waals surface area contributed by atoms with Gasteiger partial charge in [-0.2, -0.15) is 0 Å². The first-order chi connectivity index (χ1) is 10.4. The van der Waals surface area contributed by atoms with E-state index in [4.69, 9.17) is 9.47 Å². The molecule has 1 amide bonds. The molecule has 1 atom stereocenters. The predicted octanol–water partition coefficient (Wildman–Crippen LogP) is 1.73. The zero-order valence-corrected chi connectivity index (χ0v) is 13.6. The van der Waals surface area contributed by atoms with Crippen LogP contribution in [0.5, 0.6) is 0 Å². The molecule has 0 saturated carbocycles. The number of carbonyl (C=O) groups excluding carboxylic acids is 1. The van der Waals surface area contributed by atoms with Crippen LogP contribution in [0.3, 0.4) is 0 Å². The van der Waals surface area contributed by atoms with E-state index in [1.807, 2.05) is 26.8 Å². The lowest BCUT2D eigenvalue weighted by Crippen LogP contribution is -2.40. The first-order valence-corrected chi connectivity index (χ1v) is 7.42. The van der Waals surface area contributed by atoms with Crippen molar-refractivity contribution in [1.29, 1.82) is 0 Å². The molecule has 0 aliphatic carbocycles. The third-order valence-electron chi connectivity index (χ3n) is 3.23. The summed E-state index contributed by atoms with van der Waals surface area (Å²) in [6.45, 7) is 7.57. The van der Waals surface area contributed by atoms with Gasteiger partial charge in [0.05, 0.1) is 18.3 Å². The monoisotopic (exact) mass is 308 g/mol. The standard InChI is InChI=1S/C15H24N4O3/c1-15(2,3)22-14(20)18-11-5-6-19(8-11)13-7-12(9-21-4)16-10-17-13/h7,10-11H,5-6,8-9H2,1-4H3,(H,18,20). The Hall–Kier alpha value is -1.89. The van der Waals surface area contributed by atoms with Gasteiger partial charge in [0.25, 0.3) is 0 Å². The molecule has 1 aliphatic rings. The molecule has 0 bridgehead atoms. The van der Waals surface area contributed by atoms with Crippen molar-refractivity contribution < 1.29 is 14.3 Å². The summed E-state index contributed by atoms with van der Waals surface area (Å²) in [5, 5.41) is 2.90. The van der Waals surface area contributed by atoms with Gasteiger partial charge in [-0.05, 0) is 27.2 Å². The third-order valence-corrected chi connectivity index (χ3v) is 3.23. The van der Waals surface area contributed by atoms with Gasteiger partial charge >= 0.3 is 6.09 Å². The summed E-state index contributed by atoms with van der Waals surface area (Å²) < 4.78 is 10.4. The molecule has 22 heavy (non-hydrogen) atoms. The van der Waals surface area contributed by atoms with Crippen molar-refractivity contribution in [2.75, 3.05) is 25.1 Å². The number of amides is 1. The van der Waals surface area contributed by atoms with Crippen LogP contribution in [0.4, 0.5) is 10.6 Å². The molecule has 1 unspecified atom stereocenters. The number of hydrogen-bond donors (Lipinski definition) is 1. The molecule has 1 aromatic rings. The molecule has 7 nitrogen and oxygen atoms in total. The minimum Gasteiger partial charge on any atom is -0.444 e. The van der Waals surface area contributed by atoms with Crippen LogP contribution >= 0.6 is 0 Å². The Bertz CT molecular complexity index is 516. The molecular weight excluding hydrogens is 284 g/mol. The Kier molecular flexibility index (Phi) is 5.18. The number of aromatic nitrogens is 2. The Balaban J connectivity index is 1.90. The van der Waals surface area contributed by atoms with Gasteiger partial charge in [0.1, 0.15) is 17.7 Å². The fourth-order valence-electron chi connectivity index (χ4n) is 2.35. The molecule has 7 heteroatoms. The van der Waals surface area contributed by atoms with Gasteiger partial charge in [0, 0.05) is 26.3 Å². The van der Waals surface area contributed by atoms with Crippen LogP contribution in [-0.2, 0) is 16.1 Å². The number of anilines is 1. The van der Waals surface area contributed by atoms with Crippen molar-refractivity contribution in [3.8, 4) is 0 Å². The summed E-state index contributed by atoms with van der Waals surface area (Å²) in [5.41, 5.74) is 0.362. The lowest BCUT2D eigenvalue weighted by atomic mass is 10.2. The van der Waals surface area contributed by atoms with Gasteiger partial charge in [0.15, 0.2) is 0 Å². The van der Waals surface area contributed by atoms with Crippen molar-refractivity contribution >= 4 is 11.9 Å². The Morgan fingerprint density at radius 2 is 2.23 bits per heavy atom. The SMILES string of the molecule is COCc1cc(N2CCC(NC(=O)OC(C)(C)C)C2)ncn1. The van der Waals surface area contributed by atoms with Crippen molar-refractivity contribution in [1.82, 2.24) is 15.3 Å². The Labute approximate surface area is 131 Å². The van der Waals surface area contributed by atoms with E-state index in [-0.39, 0.29) is 12.1 Å². The number of methoxy groups -OCH3 is 1. The number of rotatable bonds is 4. The fourth-order valence-corrected chi connectivity index (χ4v) is 2.35. The van der Waals surface area contributed by atoms with Gasteiger partial charge in [-0.15, -0.1) is 0 Å². The zero-order valence-electron chi connectivity index (χ0n) is 13.6. The summed E-state index contributed by atoms with van der Waals surface area (Å²) in [5.74, 6) is 0.857. The topological polar surface area (TPSA) is 76.6 Å². The smallest absolute Gasteiger partial charge is 0.407 e. The van der Waals surface area contributed by atoms with E-state index in [1.54, 1.807) is 7.11 Å². The normalized spacial score (nSPS) is 18.4. The van der Waals surface area contributed by atoms with Gasteiger partial charge in [-0.1, -0.05) is 0 Å². The first-order valence-electron chi connectivity index (χ1n) is 7.42. The van der Waals surface area contributed by atoms with E-state index in [0.717, 1.165) is 24.5 Å². The highest BCUT2D eigenvalue weighted by atomic mass is 16.6. The lowest BCUT2D eigenvalue weighted by molar-refractivity contribution is 0.0509. The molecule has 2 rings (SSSR count). The minimum absolute atomic E-state index is 0.0655. The van der Waals surface area contributed by atoms with Crippen LogP contribution < -0.4 is 10.2 Å². The molecule has 1 fully saturated rings. The molecular formula is C15H24N4O3. The maximum Gasteiger partial charge on any atom is 0.407 e. The van der Waals surface area contributed by atoms with Crippen LogP contribution in [-0.4, -0.2) is 47.9 Å². The Morgan fingerprint density at radius 3 is 2.91 bits per heavy atom. The quantitative estimate of drug-likeness (QED) is 0.913. The maximum atomic E-state index is 11.8. The number of hydrogen-bond acceptors (Lipinski definition) is 6. The highest BCUT2D eigenvalue weighted by Crippen LogP contribution is 2.19. The second-order valence-electron chi connectivity index (χ2n) is 6.38. The van der Waals surface area contributed by atoms with E-state index >= 15 is 0 Å². The maximum absolute atomic E-state index is 11.8. The molecule has 122 valence electrons. The van der Waals surface area contributed by atoms with Crippen molar-refractivity contribution in [2.45, 2.75) is 45.4 Å². The number of nitrogens with zero attached hydrogens (tertiary/aromatic N) is 3. The van der Waals surface area contributed by atoms with Gasteiger partial charge < -0.3 is 19.7 Å². The highest BCUT2D eigenvalue weighted by Gasteiger charge is 2.27. The number of carbonyl (C=O) groups is 1. The third kappa shape index (κ3) is 4.84. The molecule has 0 aromatic carbocycles.